The van der Waals surface area contributed by atoms with Crippen LogP contribution in [0.5, 0.6) is 0 Å². The number of primary amides is 2. The number of hydrogen-bond donors (Lipinski definition) is 5. The Morgan fingerprint density at radius 3 is 2.53 bits per heavy atom. The predicted molar refractivity (Wildman–Crippen MR) is 64.4 cm³/mol. The van der Waals surface area contributed by atoms with Crippen molar-refractivity contribution in [1.82, 2.24) is 4.98 Å². The predicted octanol–water partition coefficient (Wildman–Crippen LogP) is 0.340. The fraction of sp³-hybridized carbons (Fsp3) is 0. The summed E-state index contributed by atoms with van der Waals surface area (Å²) < 4.78 is 0. The van der Waals surface area contributed by atoms with Gasteiger partial charge in [0.2, 0.25) is 0 Å². The number of carbonyl (C=O) groups excluding carboxylic acids is 2. The van der Waals surface area contributed by atoms with Crippen molar-refractivity contribution in [1.29, 1.82) is 0 Å². The Balaban J connectivity index is 2.70. The Hall–Kier alpha value is -2.70. The summed E-state index contributed by atoms with van der Waals surface area (Å²) >= 11 is 0. The lowest BCUT2D eigenvalue weighted by atomic mass is 10.1. The molecule has 0 saturated carbocycles. The number of hydrogen-bond acceptors (Lipinski definition) is 3. The molecule has 0 bridgehead atoms. The molecule has 7 nitrogen and oxygen atoms in total. The molecule has 2 aromatic rings. The number of aromatic amines is 1. The largest absolute Gasteiger partial charge is 0.399 e. The Morgan fingerprint density at radius 2 is 1.94 bits per heavy atom. The first-order valence-corrected chi connectivity index (χ1v) is 4.76. The lowest BCUT2D eigenvalue weighted by molar-refractivity contribution is 0.100. The van der Waals surface area contributed by atoms with Gasteiger partial charge in [0.05, 0.1) is 5.56 Å². The molecular formula is C10H11N5O2. The average Bonchev–Trinajstić information content (AvgIpc) is 2.53. The van der Waals surface area contributed by atoms with E-state index in [-0.39, 0.29) is 11.4 Å². The third-order valence-corrected chi connectivity index (χ3v) is 2.32. The second-order valence-corrected chi connectivity index (χ2v) is 3.53. The second kappa shape index (κ2) is 3.71. The SMILES string of the molecule is NC(=O)Nc1[nH]c2cc(N)ccc2c1C(N)=O. The van der Waals surface area contributed by atoms with Crippen molar-refractivity contribution in [2.75, 3.05) is 11.1 Å². The van der Waals surface area contributed by atoms with E-state index in [0.29, 0.717) is 16.6 Å². The minimum atomic E-state index is -0.785. The summed E-state index contributed by atoms with van der Waals surface area (Å²) in [5.74, 6) is -0.490. The van der Waals surface area contributed by atoms with Crippen molar-refractivity contribution < 1.29 is 9.59 Å². The molecule has 0 aliphatic carbocycles. The third kappa shape index (κ3) is 1.85. The topological polar surface area (TPSA) is 140 Å². The number of amides is 3. The van der Waals surface area contributed by atoms with Crippen LogP contribution in [0.1, 0.15) is 10.4 Å². The molecule has 88 valence electrons. The van der Waals surface area contributed by atoms with Crippen molar-refractivity contribution >= 4 is 34.3 Å². The highest BCUT2D eigenvalue weighted by atomic mass is 16.2. The molecule has 17 heavy (non-hydrogen) atoms. The van der Waals surface area contributed by atoms with Crippen LogP contribution >= 0.6 is 0 Å². The fourth-order valence-electron chi connectivity index (χ4n) is 1.69. The molecule has 7 heteroatoms. The van der Waals surface area contributed by atoms with Gasteiger partial charge in [0.1, 0.15) is 5.82 Å². The smallest absolute Gasteiger partial charge is 0.317 e. The maximum absolute atomic E-state index is 11.3. The number of anilines is 2. The number of aromatic nitrogens is 1. The number of H-pyrrole nitrogens is 1. The van der Waals surface area contributed by atoms with E-state index in [4.69, 9.17) is 17.2 Å². The van der Waals surface area contributed by atoms with E-state index in [0.717, 1.165) is 0 Å². The van der Waals surface area contributed by atoms with E-state index in [1.54, 1.807) is 18.2 Å². The summed E-state index contributed by atoms with van der Waals surface area (Å²) in [6.45, 7) is 0. The first kappa shape index (κ1) is 10.8. The summed E-state index contributed by atoms with van der Waals surface area (Å²) in [4.78, 5) is 25.0. The molecule has 1 heterocycles. The molecule has 0 aliphatic rings. The summed E-state index contributed by atoms with van der Waals surface area (Å²) in [5, 5.41) is 2.88. The van der Waals surface area contributed by atoms with E-state index in [2.05, 4.69) is 10.3 Å². The highest BCUT2D eigenvalue weighted by Crippen LogP contribution is 2.27. The molecule has 2 rings (SSSR count). The van der Waals surface area contributed by atoms with Crippen molar-refractivity contribution in [2.24, 2.45) is 11.5 Å². The van der Waals surface area contributed by atoms with Gasteiger partial charge in [-0.15, -0.1) is 0 Å². The molecule has 0 aliphatic heterocycles. The quantitative estimate of drug-likeness (QED) is 0.477. The van der Waals surface area contributed by atoms with Crippen LogP contribution in [0.2, 0.25) is 0 Å². The summed E-state index contributed by atoms with van der Waals surface area (Å²) in [6.07, 6.45) is 0. The van der Waals surface area contributed by atoms with Crippen molar-refractivity contribution in [2.45, 2.75) is 0 Å². The standard InChI is InChI=1S/C10H11N5O2/c11-4-1-2-5-6(3-4)14-9(15-10(13)17)7(5)8(12)16/h1-3,14H,11H2,(H2,12,16)(H3,13,15,17). The first-order chi connectivity index (χ1) is 7.99. The highest BCUT2D eigenvalue weighted by Gasteiger charge is 2.17. The third-order valence-electron chi connectivity index (χ3n) is 2.32. The van der Waals surface area contributed by atoms with Gasteiger partial charge in [-0.25, -0.2) is 4.79 Å². The number of nitrogen functional groups attached to an aromatic ring is 1. The number of benzene rings is 1. The van der Waals surface area contributed by atoms with Crippen LogP contribution < -0.4 is 22.5 Å². The minimum Gasteiger partial charge on any atom is -0.399 e. The Morgan fingerprint density at radius 1 is 1.24 bits per heavy atom. The Labute approximate surface area is 95.9 Å². The number of fused-ring (bicyclic) bond motifs is 1. The van der Waals surface area contributed by atoms with Crippen molar-refractivity contribution in [3.63, 3.8) is 0 Å². The van der Waals surface area contributed by atoms with Gasteiger partial charge in [-0.2, -0.15) is 0 Å². The van der Waals surface area contributed by atoms with Crippen LogP contribution in [0.4, 0.5) is 16.3 Å². The molecule has 0 unspecified atom stereocenters. The van der Waals surface area contributed by atoms with Gasteiger partial charge in [0.15, 0.2) is 0 Å². The second-order valence-electron chi connectivity index (χ2n) is 3.53. The number of nitrogens with two attached hydrogens (primary N) is 3. The maximum atomic E-state index is 11.3. The van der Waals surface area contributed by atoms with E-state index in [1.165, 1.54) is 0 Å². The number of nitrogens with one attached hydrogen (secondary N) is 2. The molecule has 1 aromatic heterocycles. The first-order valence-electron chi connectivity index (χ1n) is 4.76. The van der Waals surface area contributed by atoms with Gasteiger partial charge >= 0.3 is 6.03 Å². The zero-order valence-corrected chi connectivity index (χ0v) is 8.78. The van der Waals surface area contributed by atoms with Crippen LogP contribution in [0.3, 0.4) is 0 Å². The summed E-state index contributed by atoms with van der Waals surface area (Å²) in [7, 11) is 0. The molecule has 3 amide bonds. The van der Waals surface area contributed by atoms with E-state index in [9.17, 15) is 9.59 Å². The van der Waals surface area contributed by atoms with Gasteiger partial charge in [-0.1, -0.05) is 0 Å². The highest BCUT2D eigenvalue weighted by molar-refractivity contribution is 6.13. The van der Waals surface area contributed by atoms with Crippen molar-refractivity contribution in [3.05, 3.63) is 23.8 Å². The number of carbonyl (C=O) groups is 2. The summed E-state index contributed by atoms with van der Waals surface area (Å²) in [5.41, 5.74) is 17.2. The average molecular weight is 233 g/mol. The Bertz CT molecular complexity index is 616. The monoisotopic (exact) mass is 233 g/mol. The maximum Gasteiger partial charge on any atom is 0.317 e. The van der Waals surface area contributed by atoms with Crippen LogP contribution in [0.15, 0.2) is 18.2 Å². The van der Waals surface area contributed by atoms with Gasteiger partial charge in [0.25, 0.3) is 5.91 Å². The molecular weight excluding hydrogens is 222 g/mol. The zero-order valence-electron chi connectivity index (χ0n) is 8.78. The molecule has 8 N–H and O–H groups in total. The van der Waals surface area contributed by atoms with Gasteiger partial charge < -0.3 is 22.2 Å². The molecule has 0 radical (unpaired) electrons. The number of rotatable bonds is 2. The van der Waals surface area contributed by atoms with Gasteiger partial charge in [-0.05, 0) is 18.2 Å². The van der Waals surface area contributed by atoms with Crippen molar-refractivity contribution in [3.8, 4) is 0 Å². The lowest BCUT2D eigenvalue weighted by Crippen LogP contribution is -2.22. The molecule has 0 spiro atoms. The lowest BCUT2D eigenvalue weighted by Gasteiger charge is -2.00. The molecule has 0 saturated heterocycles. The van der Waals surface area contributed by atoms with Crippen LogP contribution in [-0.4, -0.2) is 16.9 Å². The minimum absolute atomic E-state index is 0.172. The van der Waals surface area contributed by atoms with Crippen LogP contribution in [-0.2, 0) is 0 Å². The fourth-order valence-corrected chi connectivity index (χ4v) is 1.69. The Kier molecular flexibility index (Phi) is 2.36. The zero-order chi connectivity index (χ0) is 12.6. The van der Waals surface area contributed by atoms with Crippen LogP contribution in [0.25, 0.3) is 10.9 Å². The van der Waals surface area contributed by atoms with E-state index < -0.39 is 11.9 Å². The van der Waals surface area contributed by atoms with Gasteiger partial charge in [-0.3, -0.25) is 10.1 Å². The van der Waals surface area contributed by atoms with Crippen LogP contribution in [0, 0.1) is 0 Å². The van der Waals surface area contributed by atoms with Gasteiger partial charge in [0, 0.05) is 16.6 Å². The normalized spacial score (nSPS) is 10.4. The molecule has 0 atom stereocenters. The van der Waals surface area contributed by atoms with E-state index >= 15 is 0 Å². The summed E-state index contributed by atoms with van der Waals surface area (Å²) in [6, 6.07) is 4.13. The molecule has 0 fully saturated rings. The number of urea groups is 1. The van der Waals surface area contributed by atoms with E-state index in [1.807, 2.05) is 0 Å². The molecule has 1 aromatic carbocycles.